The maximum Gasteiger partial charge on any atom is 0.224 e. The molecule has 0 fully saturated rings. The van der Waals surface area contributed by atoms with Crippen LogP contribution in [0.15, 0.2) is 67.0 Å². The molecule has 1 atom stereocenters. The molecule has 4 aromatic rings. The number of aryl methyl sites for hydroxylation is 2. The van der Waals surface area contributed by atoms with Crippen molar-refractivity contribution >= 4 is 17.2 Å². The highest BCUT2D eigenvalue weighted by molar-refractivity contribution is 7.15. The van der Waals surface area contributed by atoms with Crippen LogP contribution in [0.3, 0.4) is 0 Å². The van der Waals surface area contributed by atoms with Crippen LogP contribution in [0.4, 0.5) is 0 Å². The molecule has 0 aliphatic carbocycles. The number of amides is 1. The molecule has 0 spiro atoms. The van der Waals surface area contributed by atoms with Gasteiger partial charge in [-0.15, -0.1) is 11.3 Å². The highest BCUT2D eigenvalue weighted by Gasteiger charge is 2.17. The number of benzene rings is 2. The third-order valence-corrected chi connectivity index (χ3v) is 6.36. The van der Waals surface area contributed by atoms with E-state index in [0.29, 0.717) is 6.42 Å². The number of thiazole rings is 1. The lowest BCUT2D eigenvalue weighted by Crippen LogP contribution is -2.28. The van der Waals surface area contributed by atoms with Gasteiger partial charge in [-0.2, -0.15) is 5.10 Å². The van der Waals surface area contributed by atoms with E-state index in [0.717, 1.165) is 32.4 Å². The molecule has 0 radical (unpaired) electrons. The van der Waals surface area contributed by atoms with Gasteiger partial charge in [0.25, 0.3) is 0 Å². The van der Waals surface area contributed by atoms with Crippen molar-refractivity contribution in [1.29, 1.82) is 0 Å². The van der Waals surface area contributed by atoms with E-state index in [-0.39, 0.29) is 11.9 Å². The van der Waals surface area contributed by atoms with Crippen LogP contribution in [0, 0.1) is 13.8 Å². The molecular weight excluding hydrogens is 392 g/mol. The number of carbonyl (C=O) groups is 1. The van der Waals surface area contributed by atoms with Crippen LogP contribution in [-0.4, -0.2) is 20.7 Å². The second-order valence-electron chi connectivity index (χ2n) is 7.42. The van der Waals surface area contributed by atoms with E-state index in [1.165, 1.54) is 5.56 Å². The first-order chi connectivity index (χ1) is 14.5. The van der Waals surface area contributed by atoms with E-state index in [1.807, 2.05) is 50.4 Å². The summed E-state index contributed by atoms with van der Waals surface area (Å²) in [6.07, 6.45) is 3.98. The van der Waals surface area contributed by atoms with E-state index in [2.05, 4.69) is 41.6 Å². The van der Waals surface area contributed by atoms with E-state index in [4.69, 9.17) is 4.98 Å². The minimum atomic E-state index is -0.0856. The number of aromatic nitrogens is 3. The lowest BCUT2D eigenvalue weighted by atomic mass is 10.1. The molecule has 4 rings (SSSR count). The molecule has 0 aliphatic heterocycles. The van der Waals surface area contributed by atoms with Gasteiger partial charge in [-0.3, -0.25) is 4.79 Å². The largest absolute Gasteiger partial charge is 0.348 e. The van der Waals surface area contributed by atoms with Crippen LogP contribution in [-0.2, 0) is 11.2 Å². The maximum atomic E-state index is 12.6. The minimum Gasteiger partial charge on any atom is -0.348 e. The summed E-state index contributed by atoms with van der Waals surface area (Å²) in [4.78, 5) is 18.4. The Hall–Kier alpha value is -3.25. The van der Waals surface area contributed by atoms with Crippen molar-refractivity contribution in [1.82, 2.24) is 20.1 Å². The number of hydrogen-bond donors (Lipinski definition) is 1. The highest BCUT2D eigenvalue weighted by atomic mass is 32.1. The van der Waals surface area contributed by atoms with Gasteiger partial charge in [-0.05, 0) is 44.5 Å². The Bertz CT molecular complexity index is 1130. The van der Waals surface area contributed by atoms with E-state index >= 15 is 0 Å². The molecule has 152 valence electrons. The average Bonchev–Trinajstić information content (AvgIpc) is 3.39. The maximum absolute atomic E-state index is 12.6. The highest BCUT2D eigenvalue weighted by Crippen LogP contribution is 2.31. The SMILES string of the molecule is Cc1ccc(-c2nc(C)c(C(C)NC(=O)Cc3ccc(-n4cccn4)cc3)s2)cc1. The van der Waals surface area contributed by atoms with E-state index < -0.39 is 0 Å². The van der Waals surface area contributed by atoms with Crippen molar-refractivity contribution in [3.63, 3.8) is 0 Å². The van der Waals surface area contributed by atoms with Gasteiger partial charge < -0.3 is 5.32 Å². The van der Waals surface area contributed by atoms with Gasteiger partial charge >= 0.3 is 0 Å². The first-order valence-electron chi connectivity index (χ1n) is 9.92. The van der Waals surface area contributed by atoms with Crippen LogP contribution in [0.1, 0.15) is 34.7 Å². The normalized spacial score (nSPS) is 12.0. The fourth-order valence-corrected chi connectivity index (χ4v) is 4.43. The molecule has 2 heterocycles. The van der Waals surface area contributed by atoms with Crippen LogP contribution in [0.2, 0.25) is 0 Å². The zero-order valence-corrected chi connectivity index (χ0v) is 18.1. The number of nitrogens with one attached hydrogen (secondary N) is 1. The van der Waals surface area contributed by atoms with Gasteiger partial charge in [-0.25, -0.2) is 9.67 Å². The van der Waals surface area contributed by atoms with E-state index in [1.54, 1.807) is 22.2 Å². The topological polar surface area (TPSA) is 59.8 Å². The lowest BCUT2D eigenvalue weighted by Gasteiger charge is -2.13. The summed E-state index contributed by atoms with van der Waals surface area (Å²) in [5, 5.41) is 8.32. The minimum absolute atomic E-state index is 0.000903. The smallest absolute Gasteiger partial charge is 0.224 e. The molecule has 0 saturated heterocycles. The molecular formula is C24H24N4OS. The van der Waals surface area contributed by atoms with Gasteiger partial charge in [0.2, 0.25) is 5.91 Å². The van der Waals surface area contributed by atoms with Crippen molar-refractivity contribution in [2.45, 2.75) is 33.2 Å². The summed E-state index contributed by atoms with van der Waals surface area (Å²) in [6, 6.07) is 18.0. The van der Waals surface area contributed by atoms with Crippen molar-refractivity contribution in [3.8, 4) is 16.3 Å². The van der Waals surface area contributed by atoms with Crippen molar-refractivity contribution < 1.29 is 4.79 Å². The van der Waals surface area contributed by atoms with Gasteiger partial charge in [0, 0.05) is 18.0 Å². The molecule has 0 saturated carbocycles. The summed E-state index contributed by atoms with van der Waals surface area (Å²) in [6.45, 7) is 6.09. The van der Waals surface area contributed by atoms with E-state index in [9.17, 15) is 4.79 Å². The second-order valence-corrected chi connectivity index (χ2v) is 8.45. The van der Waals surface area contributed by atoms with Gasteiger partial charge in [0.1, 0.15) is 5.01 Å². The fourth-order valence-electron chi connectivity index (χ4n) is 3.36. The van der Waals surface area contributed by atoms with Crippen molar-refractivity contribution in [2.75, 3.05) is 0 Å². The molecule has 30 heavy (non-hydrogen) atoms. The summed E-state index contributed by atoms with van der Waals surface area (Å²) < 4.78 is 1.80. The quantitative estimate of drug-likeness (QED) is 0.479. The zero-order valence-electron chi connectivity index (χ0n) is 17.3. The first kappa shape index (κ1) is 20.0. The number of nitrogens with zero attached hydrogens (tertiary/aromatic N) is 3. The predicted octanol–water partition coefficient (Wildman–Crippen LogP) is 5.03. The Balaban J connectivity index is 1.40. The Morgan fingerprint density at radius 2 is 1.83 bits per heavy atom. The Morgan fingerprint density at radius 1 is 1.10 bits per heavy atom. The van der Waals surface area contributed by atoms with Crippen LogP contribution in [0.5, 0.6) is 0 Å². The van der Waals surface area contributed by atoms with Crippen LogP contribution < -0.4 is 5.32 Å². The lowest BCUT2D eigenvalue weighted by molar-refractivity contribution is -0.121. The molecule has 1 amide bonds. The molecule has 2 aromatic heterocycles. The number of rotatable bonds is 6. The monoisotopic (exact) mass is 416 g/mol. The predicted molar refractivity (Wildman–Crippen MR) is 121 cm³/mol. The molecule has 0 aliphatic rings. The average molecular weight is 417 g/mol. The molecule has 6 heteroatoms. The van der Waals surface area contributed by atoms with Gasteiger partial charge in [0.15, 0.2) is 0 Å². The summed E-state index contributed by atoms with van der Waals surface area (Å²) in [7, 11) is 0. The van der Waals surface area contributed by atoms with Crippen LogP contribution >= 0.6 is 11.3 Å². The first-order valence-corrected chi connectivity index (χ1v) is 10.7. The van der Waals surface area contributed by atoms with Crippen molar-refractivity contribution in [3.05, 3.63) is 88.7 Å². The Labute approximate surface area is 180 Å². The Kier molecular flexibility index (Phi) is 5.77. The molecule has 0 bridgehead atoms. The molecule has 5 nitrogen and oxygen atoms in total. The molecule has 2 aromatic carbocycles. The summed E-state index contributed by atoms with van der Waals surface area (Å²) >= 11 is 1.64. The van der Waals surface area contributed by atoms with Crippen LogP contribution in [0.25, 0.3) is 16.3 Å². The van der Waals surface area contributed by atoms with Gasteiger partial charge in [-0.1, -0.05) is 42.0 Å². The Morgan fingerprint density at radius 3 is 2.50 bits per heavy atom. The molecule has 1 unspecified atom stereocenters. The third kappa shape index (κ3) is 4.49. The number of hydrogen-bond acceptors (Lipinski definition) is 4. The molecule has 1 N–H and O–H groups in total. The zero-order chi connectivity index (χ0) is 21.1. The second kappa shape index (κ2) is 8.63. The number of carbonyl (C=O) groups excluding carboxylic acids is 1. The summed E-state index contributed by atoms with van der Waals surface area (Å²) in [5.41, 5.74) is 5.24. The fraction of sp³-hybridized carbons (Fsp3) is 0.208. The summed E-state index contributed by atoms with van der Waals surface area (Å²) in [5.74, 6) is -0.000903. The third-order valence-electron chi connectivity index (χ3n) is 4.97. The van der Waals surface area contributed by atoms with Crippen molar-refractivity contribution in [2.24, 2.45) is 0 Å². The van der Waals surface area contributed by atoms with Gasteiger partial charge in [0.05, 0.1) is 28.7 Å². The standard InChI is InChI=1S/C24H24N4OS/c1-16-5-9-20(10-6-16)24-27-18(3)23(30-24)17(2)26-22(29)15-19-7-11-21(12-8-19)28-14-4-13-25-28/h4-14,17H,15H2,1-3H3,(H,26,29).